The van der Waals surface area contributed by atoms with E-state index in [2.05, 4.69) is 5.32 Å². The molecular weight excluding hydrogens is 462 g/mol. The maximum absolute atomic E-state index is 12.9. The summed E-state index contributed by atoms with van der Waals surface area (Å²) in [6.45, 7) is 7.08. The number of sulfonamides is 1. The number of nitrogens with zero attached hydrogens (tertiary/aromatic N) is 2. The second-order valence-electron chi connectivity index (χ2n) is 8.22. The van der Waals surface area contributed by atoms with Gasteiger partial charge in [-0.15, -0.1) is 0 Å². The molecule has 7 nitrogen and oxygen atoms in total. The zero-order valence-corrected chi connectivity index (χ0v) is 21.3. The molecular formula is C27H31N3O4S. The summed E-state index contributed by atoms with van der Waals surface area (Å²) < 4.78 is 26.4. The minimum Gasteiger partial charge on any atom is -0.339 e. The van der Waals surface area contributed by atoms with E-state index >= 15 is 0 Å². The van der Waals surface area contributed by atoms with Crippen LogP contribution in [0.25, 0.3) is 0 Å². The van der Waals surface area contributed by atoms with Crippen molar-refractivity contribution < 1.29 is 18.0 Å². The molecule has 8 heteroatoms. The lowest BCUT2D eigenvalue weighted by molar-refractivity contribution is 0.0774. The molecule has 35 heavy (non-hydrogen) atoms. The summed E-state index contributed by atoms with van der Waals surface area (Å²) in [5, 5.41) is 2.82. The molecule has 0 atom stereocenters. The summed E-state index contributed by atoms with van der Waals surface area (Å²) in [4.78, 5) is 27.5. The van der Waals surface area contributed by atoms with Gasteiger partial charge in [0.2, 0.25) is 10.0 Å². The molecule has 0 aromatic heterocycles. The van der Waals surface area contributed by atoms with Crippen molar-refractivity contribution in [1.29, 1.82) is 0 Å². The van der Waals surface area contributed by atoms with Gasteiger partial charge >= 0.3 is 0 Å². The Morgan fingerprint density at radius 1 is 0.857 bits per heavy atom. The summed E-state index contributed by atoms with van der Waals surface area (Å²) >= 11 is 0. The molecule has 3 aromatic carbocycles. The molecule has 0 unspecified atom stereocenters. The second-order valence-corrected chi connectivity index (χ2v) is 10.1. The maximum Gasteiger partial charge on any atom is 0.255 e. The predicted molar refractivity (Wildman–Crippen MR) is 140 cm³/mol. The number of carbonyl (C=O) groups is 2. The van der Waals surface area contributed by atoms with E-state index in [0.29, 0.717) is 35.6 Å². The number of benzene rings is 3. The average molecular weight is 494 g/mol. The topological polar surface area (TPSA) is 86.8 Å². The Morgan fingerprint density at radius 2 is 1.46 bits per heavy atom. The van der Waals surface area contributed by atoms with Crippen LogP contribution in [0.5, 0.6) is 0 Å². The summed E-state index contributed by atoms with van der Waals surface area (Å²) in [6, 6.07) is 20.9. The van der Waals surface area contributed by atoms with Crippen LogP contribution in [0.1, 0.15) is 45.7 Å². The molecule has 0 aliphatic rings. The van der Waals surface area contributed by atoms with Gasteiger partial charge in [-0.25, -0.2) is 8.42 Å². The largest absolute Gasteiger partial charge is 0.339 e. The van der Waals surface area contributed by atoms with Crippen LogP contribution in [0.3, 0.4) is 0 Å². The first kappa shape index (κ1) is 26.0. The van der Waals surface area contributed by atoms with E-state index in [1.807, 2.05) is 45.0 Å². The first-order valence-electron chi connectivity index (χ1n) is 11.5. The molecule has 3 aromatic rings. The highest BCUT2D eigenvalue weighted by Gasteiger charge is 2.20. The Hall–Kier alpha value is -3.65. The smallest absolute Gasteiger partial charge is 0.255 e. The van der Waals surface area contributed by atoms with Crippen molar-refractivity contribution in [1.82, 2.24) is 4.90 Å². The molecule has 0 aliphatic heterocycles. The van der Waals surface area contributed by atoms with E-state index in [0.717, 1.165) is 17.4 Å². The van der Waals surface area contributed by atoms with Gasteiger partial charge in [-0.1, -0.05) is 36.4 Å². The van der Waals surface area contributed by atoms with Crippen molar-refractivity contribution >= 4 is 33.2 Å². The maximum atomic E-state index is 12.9. The normalized spacial score (nSPS) is 11.1. The van der Waals surface area contributed by atoms with E-state index in [1.165, 1.54) is 4.31 Å². The minimum absolute atomic E-state index is 0.152. The number of rotatable bonds is 9. The lowest BCUT2D eigenvalue weighted by Gasteiger charge is -2.23. The molecule has 0 saturated carbocycles. The van der Waals surface area contributed by atoms with Crippen LogP contribution in [-0.2, 0) is 16.6 Å². The lowest BCUT2D eigenvalue weighted by Crippen LogP contribution is -2.31. The summed E-state index contributed by atoms with van der Waals surface area (Å²) in [7, 11) is -3.55. The average Bonchev–Trinajstić information content (AvgIpc) is 2.84. The third-order valence-electron chi connectivity index (χ3n) is 5.85. The van der Waals surface area contributed by atoms with Crippen LogP contribution in [0.2, 0.25) is 0 Å². The summed E-state index contributed by atoms with van der Waals surface area (Å²) in [5.41, 5.74) is 3.55. The number of nitrogens with one attached hydrogen (secondary N) is 1. The molecule has 184 valence electrons. The van der Waals surface area contributed by atoms with Crippen molar-refractivity contribution in [3.8, 4) is 0 Å². The highest BCUT2D eigenvalue weighted by Crippen LogP contribution is 2.24. The minimum atomic E-state index is -3.55. The number of anilines is 2. The number of carbonyl (C=O) groups excluding carboxylic acids is 2. The molecule has 2 amide bonds. The van der Waals surface area contributed by atoms with E-state index < -0.39 is 10.0 Å². The van der Waals surface area contributed by atoms with Gasteiger partial charge in [-0.05, 0) is 68.3 Å². The zero-order chi connectivity index (χ0) is 25.6. The molecule has 0 radical (unpaired) electrons. The molecule has 0 heterocycles. The number of aryl methyl sites for hydroxylation is 1. The standard InChI is InChI=1S/C27H31N3O4S/c1-5-29(6-2)27(32)24-13-9-10-14-25(24)28-26(31)21-15-17-23(18-16-21)30(35(4,33)34)19-22-12-8-7-11-20(22)3/h7-18H,5-6,19H2,1-4H3,(H,28,31). The van der Waals surface area contributed by atoms with E-state index in [9.17, 15) is 18.0 Å². The van der Waals surface area contributed by atoms with Crippen molar-refractivity contribution in [3.05, 3.63) is 95.1 Å². The van der Waals surface area contributed by atoms with Gasteiger partial charge in [-0.3, -0.25) is 13.9 Å². The van der Waals surface area contributed by atoms with Crippen molar-refractivity contribution in [2.45, 2.75) is 27.3 Å². The molecule has 0 aliphatic carbocycles. The SMILES string of the molecule is CCN(CC)C(=O)c1ccccc1NC(=O)c1ccc(N(Cc2ccccc2C)S(C)(=O)=O)cc1. The third kappa shape index (κ3) is 6.27. The van der Waals surface area contributed by atoms with Crippen molar-refractivity contribution in [2.24, 2.45) is 0 Å². The summed E-state index contributed by atoms with van der Waals surface area (Å²) in [5.74, 6) is -0.539. The Balaban J connectivity index is 1.83. The quantitative estimate of drug-likeness (QED) is 0.468. The monoisotopic (exact) mass is 493 g/mol. The fourth-order valence-electron chi connectivity index (χ4n) is 3.78. The Kier molecular flexibility index (Phi) is 8.30. The predicted octanol–water partition coefficient (Wildman–Crippen LogP) is 4.70. The highest BCUT2D eigenvalue weighted by molar-refractivity contribution is 7.92. The molecule has 1 N–H and O–H groups in total. The number of amides is 2. The third-order valence-corrected chi connectivity index (χ3v) is 6.99. The lowest BCUT2D eigenvalue weighted by atomic mass is 10.1. The van der Waals surface area contributed by atoms with E-state index in [-0.39, 0.29) is 18.4 Å². The fraction of sp³-hybridized carbons (Fsp3) is 0.259. The molecule has 0 fully saturated rings. The Morgan fingerprint density at radius 3 is 2.06 bits per heavy atom. The molecule has 0 bridgehead atoms. The molecule has 0 spiro atoms. The van der Waals surface area contributed by atoms with E-state index in [1.54, 1.807) is 53.4 Å². The van der Waals surface area contributed by atoms with Crippen LogP contribution in [0.4, 0.5) is 11.4 Å². The van der Waals surface area contributed by atoms with Crippen molar-refractivity contribution in [3.63, 3.8) is 0 Å². The number of hydrogen-bond donors (Lipinski definition) is 1. The Labute approximate surface area is 207 Å². The van der Waals surface area contributed by atoms with Crippen molar-refractivity contribution in [2.75, 3.05) is 29.0 Å². The zero-order valence-electron chi connectivity index (χ0n) is 20.5. The van der Waals surface area contributed by atoms with Gasteiger partial charge in [0, 0.05) is 18.7 Å². The molecule has 0 saturated heterocycles. The first-order chi connectivity index (χ1) is 16.7. The van der Waals surface area contributed by atoms with Gasteiger partial charge in [0.05, 0.1) is 29.7 Å². The highest BCUT2D eigenvalue weighted by atomic mass is 32.2. The van der Waals surface area contributed by atoms with Crippen LogP contribution < -0.4 is 9.62 Å². The van der Waals surface area contributed by atoms with Crippen LogP contribution >= 0.6 is 0 Å². The van der Waals surface area contributed by atoms with E-state index in [4.69, 9.17) is 0 Å². The fourth-order valence-corrected chi connectivity index (χ4v) is 4.65. The van der Waals surface area contributed by atoms with Crippen LogP contribution in [-0.4, -0.2) is 44.5 Å². The number of para-hydroxylation sites is 1. The second kappa shape index (κ2) is 11.2. The van der Waals surface area contributed by atoms with Gasteiger partial charge in [0.15, 0.2) is 0 Å². The van der Waals surface area contributed by atoms with Gasteiger partial charge in [0.25, 0.3) is 11.8 Å². The van der Waals surface area contributed by atoms with Gasteiger partial charge in [0.1, 0.15) is 0 Å². The van der Waals surface area contributed by atoms with Crippen LogP contribution in [0.15, 0.2) is 72.8 Å². The van der Waals surface area contributed by atoms with Gasteiger partial charge < -0.3 is 10.2 Å². The molecule has 3 rings (SSSR count). The summed E-state index contributed by atoms with van der Waals surface area (Å²) in [6.07, 6.45) is 1.16. The number of hydrogen-bond acceptors (Lipinski definition) is 4. The van der Waals surface area contributed by atoms with Gasteiger partial charge in [-0.2, -0.15) is 0 Å². The van der Waals surface area contributed by atoms with Crippen LogP contribution in [0, 0.1) is 6.92 Å². The Bertz CT molecular complexity index is 1300. The first-order valence-corrected chi connectivity index (χ1v) is 13.3.